The van der Waals surface area contributed by atoms with Gasteiger partial charge in [0.2, 0.25) is 0 Å². The van der Waals surface area contributed by atoms with Gasteiger partial charge in [-0.25, -0.2) is 8.78 Å². The van der Waals surface area contributed by atoms with E-state index >= 15 is 0 Å². The van der Waals surface area contributed by atoms with Crippen LogP contribution in [0.2, 0.25) is 0 Å². The first-order valence-electron chi connectivity index (χ1n) is 7.32. The van der Waals surface area contributed by atoms with Crippen LogP contribution < -0.4 is 5.32 Å². The van der Waals surface area contributed by atoms with Crippen molar-refractivity contribution in [3.05, 3.63) is 35.4 Å². The summed E-state index contributed by atoms with van der Waals surface area (Å²) in [6.07, 6.45) is 4.48. The molecule has 19 heavy (non-hydrogen) atoms. The average Bonchev–Trinajstić information content (AvgIpc) is 2.41. The van der Waals surface area contributed by atoms with E-state index in [9.17, 15) is 8.78 Å². The Kier molecular flexibility index (Phi) is 7.00. The zero-order valence-corrected chi connectivity index (χ0v) is 12.2. The highest BCUT2D eigenvalue weighted by Crippen LogP contribution is 2.29. The fourth-order valence-electron chi connectivity index (χ4n) is 2.56. The zero-order valence-electron chi connectivity index (χ0n) is 12.2. The summed E-state index contributed by atoms with van der Waals surface area (Å²) in [5, 5.41) is 3.42. The van der Waals surface area contributed by atoms with Crippen LogP contribution in [0.3, 0.4) is 0 Å². The average molecular weight is 269 g/mol. The molecular weight excluding hydrogens is 244 g/mol. The van der Waals surface area contributed by atoms with Crippen molar-refractivity contribution in [3.8, 4) is 0 Å². The van der Waals surface area contributed by atoms with Crippen LogP contribution in [-0.2, 0) is 0 Å². The second kappa shape index (κ2) is 8.26. The first-order chi connectivity index (χ1) is 9.13. The summed E-state index contributed by atoms with van der Waals surface area (Å²) in [6.45, 7) is 7.20. The van der Waals surface area contributed by atoms with Gasteiger partial charge in [-0.2, -0.15) is 0 Å². The maximum atomic E-state index is 13.4. The van der Waals surface area contributed by atoms with E-state index < -0.39 is 11.6 Å². The molecule has 0 aliphatic rings. The Labute approximate surface area is 115 Å². The van der Waals surface area contributed by atoms with Gasteiger partial charge in [0, 0.05) is 6.04 Å². The first kappa shape index (κ1) is 16.1. The molecule has 108 valence electrons. The third-order valence-corrected chi connectivity index (χ3v) is 3.65. The standard InChI is InChI=1S/C16H25F2N/c1-4-7-8-12(5-2)16(19-6-3)13-9-10-14(17)15(18)11-13/h9-12,16,19H,4-8H2,1-3H3. The van der Waals surface area contributed by atoms with Crippen LogP contribution in [0.1, 0.15) is 58.1 Å². The van der Waals surface area contributed by atoms with Crippen molar-refractivity contribution in [3.63, 3.8) is 0 Å². The van der Waals surface area contributed by atoms with Gasteiger partial charge in [-0.05, 0) is 36.6 Å². The molecule has 1 aromatic rings. The fourth-order valence-corrected chi connectivity index (χ4v) is 2.56. The van der Waals surface area contributed by atoms with Gasteiger partial charge < -0.3 is 5.32 Å². The lowest BCUT2D eigenvalue weighted by atomic mass is 9.87. The molecule has 1 rings (SSSR count). The van der Waals surface area contributed by atoms with Gasteiger partial charge in [-0.15, -0.1) is 0 Å². The third kappa shape index (κ3) is 4.57. The zero-order chi connectivity index (χ0) is 14.3. The number of halogens is 2. The number of unbranched alkanes of at least 4 members (excludes halogenated alkanes) is 1. The molecule has 0 bridgehead atoms. The largest absolute Gasteiger partial charge is 0.310 e. The number of hydrogen-bond acceptors (Lipinski definition) is 1. The van der Waals surface area contributed by atoms with Crippen LogP contribution in [0.5, 0.6) is 0 Å². The van der Waals surface area contributed by atoms with E-state index in [4.69, 9.17) is 0 Å². The molecule has 0 aliphatic carbocycles. The number of hydrogen-bond donors (Lipinski definition) is 1. The first-order valence-corrected chi connectivity index (χ1v) is 7.32. The molecule has 0 saturated heterocycles. The van der Waals surface area contributed by atoms with E-state index in [2.05, 4.69) is 19.2 Å². The predicted molar refractivity (Wildman–Crippen MR) is 76.1 cm³/mol. The smallest absolute Gasteiger partial charge is 0.159 e. The summed E-state index contributed by atoms with van der Waals surface area (Å²) < 4.78 is 26.4. The summed E-state index contributed by atoms with van der Waals surface area (Å²) in [7, 11) is 0. The second-order valence-electron chi connectivity index (χ2n) is 5.02. The lowest BCUT2D eigenvalue weighted by Gasteiger charge is -2.27. The third-order valence-electron chi connectivity index (χ3n) is 3.65. The Morgan fingerprint density at radius 1 is 1.11 bits per heavy atom. The van der Waals surface area contributed by atoms with E-state index in [1.165, 1.54) is 18.6 Å². The molecule has 1 aromatic carbocycles. The minimum atomic E-state index is -0.777. The lowest BCUT2D eigenvalue weighted by molar-refractivity contribution is 0.326. The van der Waals surface area contributed by atoms with Crippen LogP contribution in [0.25, 0.3) is 0 Å². The molecule has 0 fully saturated rings. The Hall–Kier alpha value is -0.960. The minimum Gasteiger partial charge on any atom is -0.310 e. The van der Waals surface area contributed by atoms with Crippen molar-refractivity contribution in [2.45, 2.75) is 52.5 Å². The van der Waals surface area contributed by atoms with Crippen molar-refractivity contribution in [2.24, 2.45) is 5.92 Å². The van der Waals surface area contributed by atoms with E-state index in [1.54, 1.807) is 6.07 Å². The van der Waals surface area contributed by atoms with Gasteiger partial charge in [-0.1, -0.05) is 46.1 Å². The molecule has 0 radical (unpaired) electrons. The molecule has 2 unspecified atom stereocenters. The van der Waals surface area contributed by atoms with Crippen LogP contribution in [0.4, 0.5) is 8.78 Å². The molecule has 0 spiro atoms. The highest BCUT2D eigenvalue weighted by atomic mass is 19.2. The Morgan fingerprint density at radius 2 is 1.84 bits per heavy atom. The normalized spacial score (nSPS) is 14.4. The SMILES string of the molecule is CCCCC(CC)C(NCC)c1ccc(F)c(F)c1. The van der Waals surface area contributed by atoms with Gasteiger partial charge in [-0.3, -0.25) is 0 Å². The summed E-state index contributed by atoms with van der Waals surface area (Å²) in [5.41, 5.74) is 0.851. The Bertz CT molecular complexity index is 379. The maximum Gasteiger partial charge on any atom is 0.159 e. The molecule has 1 nitrogen and oxygen atoms in total. The quantitative estimate of drug-likeness (QED) is 0.712. The monoisotopic (exact) mass is 269 g/mol. The van der Waals surface area contributed by atoms with Crippen LogP contribution in [0, 0.1) is 17.6 Å². The van der Waals surface area contributed by atoms with Gasteiger partial charge >= 0.3 is 0 Å². The molecule has 3 heteroatoms. The van der Waals surface area contributed by atoms with Crippen molar-refractivity contribution in [1.29, 1.82) is 0 Å². The highest BCUT2D eigenvalue weighted by Gasteiger charge is 2.21. The Balaban J connectivity index is 2.93. The molecule has 0 amide bonds. The number of rotatable bonds is 8. The molecule has 2 atom stereocenters. The van der Waals surface area contributed by atoms with Crippen LogP contribution in [0.15, 0.2) is 18.2 Å². The van der Waals surface area contributed by atoms with Crippen LogP contribution >= 0.6 is 0 Å². The van der Waals surface area contributed by atoms with Gasteiger partial charge in [0.15, 0.2) is 11.6 Å². The summed E-state index contributed by atoms with van der Waals surface area (Å²) in [5.74, 6) is -1.07. The predicted octanol–water partition coefficient (Wildman–Crippen LogP) is 4.83. The van der Waals surface area contributed by atoms with E-state index in [0.29, 0.717) is 5.92 Å². The molecule has 0 heterocycles. The topological polar surface area (TPSA) is 12.0 Å². The molecule has 1 N–H and O–H groups in total. The second-order valence-corrected chi connectivity index (χ2v) is 5.02. The van der Waals surface area contributed by atoms with Gasteiger partial charge in [0.25, 0.3) is 0 Å². The molecular formula is C16H25F2N. The van der Waals surface area contributed by atoms with E-state index in [1.807, 2.05) is 6.92 Å². The fraction of sp³-hybridized carbons (Fsp3) is 0.625. The van der Waals surface area contributed by atoms with Crippen molar-refractivity contribution in [2.75, 3.05) is 6.54 Å². The molecule has 0 aromatic heterocycles. The van der Waals surface area contributed by atoms with Crippen molar-refractivity contribution >= 4 is 0 Å². The molecule has 0 saturated carbocycles. The van der Waals surface area contributed by atoms with Gasteiger partial charge in [0.05, 0.1) is 0 Å². The maximum absolute atomic E-state index is 13.4. The number of nitrogens with one attached hydrogen (secondary N) is 1. The Morgan fingerprint density at radius 3 is 2.37 bits per heavy atom. The summed E-state index contributed by atoms with van der Waals surface area (Å²) in [6, 6.07) is 4.36. The van der Waals surface area contributed by atoms with Crippen molar-refractivity contribution in [1.82, 2.24) is 5.32 Å². The molecule has 0 aliphatic heterocycles. The lowest BCUT2D eigenvalue weighted by Crippen LogP contribution is -2.28. The van der Waals surface area contributed by atoms with Gasteiger partial charge in [0.1, 0.15) is 0 Å². The van der Waals surface area contributed by atoms with E-state index in [-0.39, 0.29) is 6.04 Å². The van der Waals surface area contributed by atoms with Crippen LogP contribution in [-0.4, -0.2) is 6.54 Å². The van der Waals surface area contributed by atoms with Crippen molar-refractivity contribution < 1.29 is 8.78 Å². The summed E-state index contributed by atoms with van der Waals surface area (Å²) >= 11 is 0. The minimum absolute atomic E-state index is 0.108. The summed E-state index contributed by atoms with van der Waals surface area (Å²) in [4.78, 5) is 0. The number of benzene rings is 1. The highest BCUT2D eigenvalue weighted by molar-refractivity contribution is 5.22. The van der Waals surface area contributed by atoms with E-state index in [0.717, 1.165) is 31.4 Å².